The summed E-state index contributed by atoms with van der Waals surface area (Å²) in [5, 5.41) is 19.8. The molecule has 0 fully saturated rings. The van der Waals surface area contributed by atoms with Gasteiger partial charge in [0.05, 0.1) is 5.56 Å². The lowest BCUT2D eigenvalue weighted by Gasteiger charge is -2.32. The van der Waals surface area contributed by atoms with Crippen LogP contribution < -0.4 is 15.8 Å². The van der Waals surface area contributed by atoms with E-state index in [1.54, 1.807) is 6.07 Å². The monoisotopic (exact) mass is 399 g/mol. The minimum Gasteiger partial charge on any atom is -0.420 e. The fourth-order valence-electron chi connectivity index (χ4n) is 3.67. The molecule has 7 nitrogen and oxygen atoms in total. The first kappa shape index (κ1) is 15.7. The molecule has 1 amide bonds. The summed E-state index contributed by atoms with van der Waals surface area (Å²) in [7, 11) is 0. The highest BCUT2D eigenvalue weighted by Crippen LogP contribution is 2.55. The van der Waals surface area contributed by atoms with E-state index in [0.717, 1.165) is 12.1 Å². The summed E-state index contributed by atoms with van der Waals surface area (Å²) in [6.07, 6.45) is 1.51. The SMILES string of the molecule is CCCc1[nH]nc2c1C1(C(=O)Nc3cccc(Br)c31)C(C#N)=C(N)O2. The zero-order chi connectivity index (χ0) is 17.8. The van der Waals surface area contributed by atoms with Crippen LogP contribution in [0.5, 0.6) is 5.88 Å². The van der Waals surface area contributed by atoms with Crippen LogP contribution >= 0.6 is 15.9 Å². The lowest BCUT2D eigenvalue weighted by atomic mass is 9.68. The molecule has 25 heavy (non-hydrogen) atoms. The standard InChI is InChI=1S/C17H14BrN5O2/c1-2-4-11-13-15(23-22-11)25-14(20)8(7-19)17(13)12-9(18)5-3-6-10(12)21-16(17)24/h3,5-6H,2,4,20H2,1H3,(H,21,24)(H,22,23). The number of aromatic amines is 1. The smallest absolute Gasteiger partial charge is 0.245 e. The van der Waals surface area contributed by atoms with Gasteiger partial charge in [-0.05, 0) is 18.6 Å². The van der Waals surface area contributed by atoms with Gasteiger partial charge >= 0.3 is 0 Å². The fourth-order valence-corrected chi connectivity index (χ4v) is 4.33. The maximum Gasteiger partial charge on any atom is 0.245 e. The molecule has 8 heteroatoms. The molecular formula is C17H14BrN5O2. The van der Waals surface area contributed by atoms with E-state index in [0.29, 0.717) is 27.7 Å². The van der Waals surface area contributed by atoms with E-state index < -0.39 is 5.41 Å². The van der Waals surface area contributed by atoms with Crippen LogP contribution in [0.3, 0.4) is 0 Å². The molecule has 0 aliphatic carbocycles. The summed E-state index contributed by atoms with van der Waals surface area (Å²) in [5.74, 6) is -0.209. The Bertz CT molecular complexity index is 987. The largest absolute Gasteiger partial charge is 0.420 e. The summed E-state index contributed by atoms with van der Waals surface area (Å²) in [6, 6.07) is 7.55. The van der Waals surface area contributed by atoms with Crippen LogP contribution in [0.1, 0.15) is 30.2 Å². The molecule has 126 valence electrons. The summed E-state index contributed by atoms with van der Waals surface area (Å²) >= 11 is 3.53. The molecule has 1 atom stereocenters. The second kappa shape index (κ2) is 5.36. The van der Waals surface area contributed by atoms with Crippen molar-refractivity contribution in [1.82, 2.24) is 10.2 Å². The third kappa shape index (κ3) is 1.84. The van der Waals surface area contributed by atoms with E-state index in [2.05, 4.69) is 37.5 Å². The molecule has 4 rings (SSSR count). The quantitative estimate of drug-likeness (QED) is 0.716. The number of benzene rings is 1. The van der Waals surface area contributed by atoms with Crippen LogP contribution in [0.25, 0.3) is 0 Å². The van der Waals surface area contributed by atoms with E-state index in [1.165, 1.54) is 0 Å². The van der Waals surface area contributed by atoms with Crippen molar-refractivity contribution in [1.29, 1.82) is 5.26 Å². The van der Waals surface area contributed by atoms with Gasteiger partial charge in [-0.15, -0.1) is 5.10 Å². The van der Waals surface area contributed by atoms with Crippen LogP contribution in [0.2, 0.25) is 0 Å². The van der Waals surface area contributed by atoms with E-state index >= 15 is 0 Å². The number of fused-ring (bicyclic) bond motifs is 4. The van der Waals surface area contributed by atoms with Crippen molar-refractivity contribution >= 4 is 27.5 Å². The first-order chi connectivity index (χ1) is 12.1. The topological polar surface area (TPSA) is 117 Å². The Kier molecular flexibility index (Phi) is 3.37. The molecule has 1 unspecified atom stereocenters. The minimum atomic E-state index is -1.38. The van der Waals surface area contributed by atoms with Gasteiger partial charge in [0.15, 0.2) is 0 Å². The lowest BCUT2D eigenvalue weighted by Crippen LogP contribution is -2.43. The van der Waals surface area contributed by atoms with Crippen molar-refractivity contribution < 1.29 is 9.53 Å². The average Bonchev–Trinajstić information content (AvgIpc) is 3.09. The van der Waals surface area contributed by atoms with E-state index in [-0.39, 0.29) is 23.2 Å². The number of ether oxygens (including phenoxy) is 1. The number of carbonyl (C=O) groups is 1. The Morgan fingerprint density at radius 3 is 2.96 bits per heavy atom. The van der Waals surface area contributed by atoms with Gasteiger partial charge in [-0.3, -0.25) is 9.89 Å². The Morgan fingerprint density at radius 2 is 2.24 bits per heavy atom. The Hall–Kier alpha value is -2.79. The summed E-state index contributed by atoms with van der Waals surface area (Å²) in [5.41, 5.74) is 7.30. The third-order valence-electron chi connectivity index (χ3n) is 4.60. The van der Waals surface area contributed by atoms with Crippen molar-refractivity contribution in [2.45, 2.75) is 25.2 Å². The first-order valence-electron chi connectivity index (χ1n) is 7.82. The van der Waals surface area contributed by atoms with Gasteiger partial charge in [-0.1, -0.05) is 35.3 Å². The Labute approximate surface area is 152 Å². The van der Waals surface area contributed by atoms with Gasteiger partial charge < -0.3 is 15.8 Å². The van der Waals surface area contributed by atoms with Gasteiger partial charge in [0.1, 0.15) is 17.1 Å². The number of carbonyl (C=O) groups excluding carboxylic acids is 1. The maximum atomic E-state index is 13.2. The van der Waals surface area contributed by atoms with Gasteiger partial charge in [-0.25, -0.2) is 0 Å². The normalized spacial score (nSPS) is 20.8. The van der Waals surface area contributed by atoms with Crippen molar-refractivity contribution in [2.75, 3.05) is 5.32 Å². The minimum absolute atomic E-state index is 0.0712. The van der Waals surface area contributed by atoms with Gasteiger partial charge in [0, 0.05) is 21.4 Å². The van der Waals surface area contributed by atoms with Gasteiger partial charge in [0.2, 0.25) is 17.7 Å². The molecule has 0 bridgehead atoms. The molecule has 1 aromatic carbocycles. The Morgan fingerprint density at radius 1 is 1.44 bits per heavy atom. The van der Waals surface area contributed by atoms with Crippen LogP contribution in [-0.2, 0) is 16.6 Å². The molecular weight excluding hydrogens is 386 g/mol. The van der Waals surface area contributed by atoms with Crippen LogP contribution in [0.4, 0.5) is 5.69 Å². The highest BCUT2D eigenvalue weighted by molar-refractivity contribution is 9.10. The number of hydrogen-bond acceptors (Lipinski definition) is 5. The molecule has 3 heterocycles. The molecule has 2 aliphatic heterocycles. The van der Waals surface area contributed by atoms with Gasteiger partial charge in [0.25, 0.3) is 0 Å². The van der Waals surface area contributed by atoms with Crippen LogP contribution in [-0.4, -0.2) is 16.1 Å². The van der Waals surface area contributed by atoms with Crippen molar-refractivity contribution in [3.8, 4) is 11.9 Å². The van der Waals surface area contributed by atoms with Crippen molar-refractivity contribution in [3.63, 3.8) is 0 Å². The second-order valence-corrected chi connectivity index (χ2v) is 6.81. The number of nitriles is 1. The number of nitrogens with zero attached hydrogens (tertiary/aromatic N) is 2. The lowest BCUT2D eigenvalue weighted by molar-refractivity contribution is -0.118. The summed E-state index contributed by atoms with van der Waals surface area (Å²) in [6.45, 7) is 2.03. The number of nitrogens with one attached hydrogen (secondary N) is 2. The molecule has 0 saturated carbocycles. The highest BCUT2D eigenvalue weighted by Gasteiger charge is 2.59. The third-order valence-corrected chi connectivity index (χ3v) is 5.26. The number of aromatic nitrogens is 2. The zero-order valence-corrected chi connectivity index (χ0v) is 14.9. The summed E-state index contributed by atoms with van der Waals surface area (Å²) < 4.78 is 6.26. The number of hydrogen-bond donors (Lipinski definition) is 3. The number of aryl methyl sites for hydroxylation is 1. The average molecular weight is 400 g/mol. The number of rotatable bonds is 2. The molecule has 0 radical (unpaired) electrons. The zero-order valence-electron chi connectivity index (χ0n) is 13.3. The number of H-pyrrole nitrogens is 1. The fraction of sp³-hybridized carbons (Fsp3) is 0.235. The van der Waals surface area contributed by atoms with Crippen LogP contribution in [0.15, 0.2) is 34.1 Å². The molecule has 2 aromatic rings. The van der Waals surface area contributed by atoms with Crippen molar-refractivity contribution in [3.05, 3.63) is 50.9 Å². The number of amides is 1. The number of anilines is 1. The summed E-state index contributed by atoms with van der Waals surface area (Å²) in [4.78, 5) is 13.2. The van der Waals surface area contributed by atoms with E-state index in [9.17, 15) is 10.1 Å². The second-order valence-electron chi connectivity index (χ2n) is 5.95. The van der Waals surface area contributed by atoms with E-state index in [1.807, 2.05) is 19.1 Å². The van der Waals surface area contributed by atoms with Crippen molar-refractivity contribution in [2.24, 2.45) is 5.73 Å². The van der Waals surface area contributed by atoms with Crippen LogP contribution in [0, 0.1) is 11.3 Å². The van der Waals surface area contributed by atoms with Gasteiger partial charge in [-0.2, -0.15) is 5.26 Å². The first-order valence-corrected chi connectivity index (χ1v) is 8.61. The number of nitrogens with two attached hydrogens (primary N) is 1. The highest BCUT2D eigenvalue weighted by atomic mass is 79.9. The molecule has 1 spiro atoms. The molecule has 2 aliphatic rings. The predicted octanol–water partition coefficient (Wildman–Crippen LogP) is 2.45. The maximum absolute atomic E-state index is 13.2. The number of halogens is 1. The molecule has 0 saturated heterocycles. The Balaban J connectivity index is 2.16. The molecule has 1 aromatic heterocycles. The van der Waals surface area contributed by atoms with E-state index in [4.69, 9.17) is 10.5 Å². The predicted molar refractivity (Wildman–Crippen MR) is 93.6 cm³/mol. The molecule has 4 N–H and O–H groups in total.